The average molecular weight is 320 g/mol. The van der Waals surface area contributed by atoms with Gasteiger partial charge >= 0.3 is 0 Å². The number of aliphatic hydroxyl groups is 1. The van der Waals surface area contributed by atoms with Gasteiger partial charge in [-0.2, -0.15) is 0 Å². The molecule has 4 fully saturated rings. The predicted molar refractivity (Wildman–Crippen MR) is 94.9 cm³/mol. The lowest BCUT2D eigenvalue weighted by Crippen LogP contribution is -2.55. The Morgan fingerprint density at radius 2 is 1.61 bits per heavy atom. The van der Waals surface area contributed by atoms with Crippen molar-refractivity contribution in [2.75, 3.05) is 0 Å². The smallest absolute Gasteiger partial charge is 0.0545 e. The molecular weight excluding hydrogens is 282 g/mol. The molecule has 23 heavy (non-hydrogen) atoms. The van der Waals surface area contributed by atoms with Crippen LogP contribution in [0.15, 0.2) is 0 Å². The van der Waals surface area contributed by atoms with Crippen LogP contribution in [0.25, 0.3) is 0 Å². The van der Waals surface area contributed by atoms with Gasteiger partial charge in [0.15, 0.2) is 0 Å². The highest BCUT2D eigenvalue weighted by Gasteiger charge is 2.60. The molecule has 132 valence electrons. The molecule has 0 aliphatic heterocycles. The number of hydrogen-bond acceptors (Lipinski definition) is 2. The Kier molecular flexibility index (Phi) is 3.89. The molecular formula is C21H37NO. The number of hydrogen-bond donors (Lipinski definition) is 2. The van der Waals surface area contributed by atoms with E-state index < -0.39 is 0 Å². The standard InChI is InChI=1S/C21H37NO/c1-13(23)17-6-7-18-16-5-4-14-12-15(22)8-10-20(14,2)19(16)9-11-21(17,18)3/h13-19,23H,4-12,22H2,1-3H3/t13-,14+,15+,16+,17-,18+,19+,20+,21-/m1/s1. The van der Waals surface area contributed by atoms with E-state index in [0.717, 1.165) is 23.7 Å². The van der Waals surface area contributed by atoms with Crippen molar-refractivity contribution in [1.29, 1.82) is 0 Å². The molecule has 4 aliphatic rings. The summed E-state index contributed by atoms with van der Waals surface area (Å²) < 4.78 is 0. The average Bonchev–Trinajstić information content (AvgIpc) is 2.85. The lowest BCUT2D eigenvalue weighted by molar-refractivity contribution is -0.120. The summed E-state index contributed by atoms with van der Waals surface area (Å²) >= 11 is 0. The summed E-state index contributed by atoms with van der Waals surface area (Å²) in [6, 6.07) is 0.463. The molecule has 0 unspecified atom stereocenters. The minimum absolute atomic E-state index is 0.124. The highest BCUT2D eigenvalue weighted by molar-refractivity contribution is 5.09. The van der Waals surface area contributed by atoms with E-state index in [2.05, 4.69) is 13.8 Å². The van der Waals surface area contributed by atoms with Gasteiger partial charge in [-0.15, -0.1) is 0 Å². The maximum atomic E-state index is 10.3. The minimum atomic E-state index is -0.124. The van der Waals surface area contributed by atoms with Crippen molar-refractivity contribution in [3.05, 3.63) is 0 Å². The molecule has 0 aromatic carbocycles. The number of fused-ring (bicyclic) bond motifs is 5. The van der Waals surface area contributed by atoms with Crippen molar-refractivity contribution in [2.45, 2.75) is 90.7 Å². The van der Waals surface area contributed by atoms with Crippen LogP contribution in [-0.4, -0.2) is 17.3 Å². The van der Waals surface area contributed by atoms with Gasteiger partial charge < -0.3 is 10.8 Å². The second kappa shape index (κ2) is 5.46. The van der Waals surface area contributed by atoms with E-state index in [1.165, 1.54) is 57.8 Å². The summed E-state index contributed by atoms with van der Waals surface area (Å²) in [5.41, 5.74) is 7.26. The van der Waals surface area contributed by atoms with Crippen LogP contribution in [0.2, 0.25) is 0 Å². The number of rotatable bonds is 1. The molecule has 0 aromatic heterocycles. The van der Waals surface area contributed by atoms with Crippen LogP contribution in [0.4, 0.5) is 0 Å². The minimum Gasteiger partial charge on any atom is -0.393 e. The van der Waals surface area contributed by atoms with Gasteiger partial charge in [0.2, 0.25) is 0 Å². The zero-order valence-corrected chi connectivity index (χ0v) is 15.4. The highest BCUT2D eigenvalue weighted by atomic mass is 16.3. The molecule has 2 nitrogen and oxygen atoms in total. The second-order valence-electron chi connectivity index (χ2n) is 10.2. The normalized spacial score (nSPS) is 57.3. The summed E-state index contributed by atoms with van der Waals surface area (Å²) in [6.07, 6.45) is 12.0. The SMILES string of the molecule is C[C@@H](O)[C@H]1CC[C@H]2[C@@H]3CC[C@H]4C[C@@H](N)CC[C@]4(C)[C@H]3CC[C@]12C. The molecule has 0 radical (unpaired) electrons. The van der Waals surface area contributed by atoms with Crippen molar-refractivity contribution in [3.63, 3.8) is 0 Å². The van der Waals surface area contributed by atoms with Gasteiger partial charge in [-0.25, -0.2) is 0 Å². The largest absolute Gasteiger partial charge is 0.393 e. The van der Waals surface area contributed by atoms with Crippen LogP contribution in [0.3, 0.4) is 0 Å². The first-order valence-corrected chi connectivity index (χ1v) is 10.3. The summed E-state index contributed by atoms with van der Waals surface area (Å²) in [7, 11) is 0. The number of nitrogens with two attached hydrogens (primary N) is 1. The molecule has 3 N–H and O–H groups in total. The van der Waals surface area contributed by atoms with Crippen molar-refractivity contribution in [3.8, 4) is 0 Å². The molecule has 0 bridgehead atoms. The maximum Gasteiger partial charge on any atom is 0.0545 e. The van der Waals surface area contributed by atoms with Gasteiger partial charge in [0, 0.05) is 6.04 Å². The molecule has 0 amide bonds. The van der Waals surface area contributed by atoms with Gasteiger partial charge in [0.05, 0.1) is 6.10 Å². The topological polar surface area (TPSA) is 46.2 Å². The Balaban J connectivity index is 1.60. The first-order chi connectivity index (χ1) is 10.9. The van der Waals surface area contributed by atoms with Crippen molar-refractivity contribution in [1.82, 2.24) is 0 Å². The van der Waals surface area contributed by atoms with E-state index in [-0.39, 0.29) is 6.10 Å². The van der Waals surface area contributed by atoms with E-state index in [9.17, 15) is 5.11 Å². The third-order valence-electron chi connectivity index (χ3n) is 9.36. The fraction of sp³-hybridized carbons (Fsp3) is 1.00. The monoisotopic (exact) mass is 319 g/mol. The lowest BCUT2D eigenvalue weighted by Gasteiger charge is -2.61. The maximum absolute atomic E-state index is 10.3. The van der Waals surface area contributed by atoms with Gasteiger partial charge in [-0.1, -0.05) is 13.8 Å². The summed E-state index contributed by atoms with van der Waals surface area (Å²) in [5, 5.41) is 10.3. The van der Waals surface area contributed by atoms with Crippen molar-refractivity contribution < 1.29 is 5.11 Å². The molecule has 4 aliphatic carbocycles. The Morgan fingerprint density at radius 1 is 0.913 bits per heavy atom. The molecule has 0 spiro atoms. The molecule has 2 heteroatoms. The third-order valence-corrected chi connectivity index (χ3v) is 9.36. The van der Waals surface area contributed by atoms with E-state index in [1.807, 2.05) is 6.92 Å². The van der Waals surface area contributed by atoms with E-state index in [4.69, 9.17) is 5.73 Å². The van der Waals surface area contributed by atoms with Gasteiger partial charge in [-0.05, 0) is 105 Å². The summed E-state index contributed by atoms with van der Waals surface area (Å²) in [4.78, 5) is 0. The van der Waals surface area contributed by atoms with Crippen LogP contribution < -0.4 is 5.73 Å². The van der Waals surface area contributed by atoms with Gasteiger partial charge in [0.25, 0.3) is 0 Å². The first kappa shape index (κ1) is 16.4. The van der Waals surface area contributed by atoms with Crippen molar-refractivity contribution >= 4 is 0 Å². The van der Waals surface area contributed by atoms with Crippen molar-refractivity contribution in [2.24, 2.45) is 46.2 Å². The van der Waals surface area contributed by atoms with Crippen LogP contribution in [-0.2, 0) is 0 Å². The zero-order chi connectivity index (χ0) is 16.4. The summed E-state index contributed by atoms with van der Waals surface area (Å²) in [6.45, 7) is 7.17. The molecule has 0 aromatic rings. The summed E-state index contributed by atoms with van der Waals surface area (Å²) in [5.74, 6) is 4.14. The highest BCUT2D eigenvalue weighted by Crippen LogP contribution is 2.67. The fourth-order valence-corrected chi connectivity index (χ4v) is 8.12. The van der Waals surface area contributed by atoms with Crippen LogP contribution >= 0.6 is 0 Å². The van der Waals surface area contributed by atoms with Crippen LogP contribution in [0, 0.1) is 40.4 Å². The van der Waals surface area contributed by atoms with E-state index in [1.54, 1.807) is 0 Å². The lowest BCUT2D eigenvalue weighted by atomic mass is 9.44. The predicted octanol–water partition coefficient (Wildman–Crippen LogP) is 4.35. The fourth-order valence-electron chi connectivity index (χ4n) is 8.12. The first-order valence-electron chi connectivity index (χ1n) is 10.3. The van der Waals surface area contributed by atoms with Crippen LogP contribution in [0.5, 0.6) is 0 Å². The quantitative estimate of drug-likeness (QED) is 0.754. The molecule has 4 saturated carbocycles. The van der Waals surface area contributed by atoms with Gasteiger partial charge in [-0.3, -0.25) is 0 Å². The Hall–Kier alpha value is -0.0800. The third kappa shape index (κ3) is 2.27. The zero-order valence-electron chi connectivity index (χ0n) is 15.4. The molecule has 4 rings (SSSR count). The van der Waals surface area contributed by atoms with Crippen LogP contribution in [0.1, 0.15) is 78.6 Å². The van der Waals surface area contributed by atoms with E-state index >= 15 is 0 Å². The number of aliphatic hydroxyl groups excluding tert-OH is 1. The Labute approximate surface area is 142 Å². The Bertz CT molecular complexity index is 463. The molecule has 9 atom stereocenters. The molecule has 0 heterocycles. The molecule has 0 saturated heterocycles. The second-order valence-corrected chi connectivity index (χ2v) is 10.2. The van der Waals surface area contributed by atoms with Gasteiger partial charge in [0.1, 0.15) is 0 Å². The van der Waals surface area contributed by atoms with E-state index in [0.29, 0.717) is 22.8 Å². The Morgan fingerprint density at radius 3 is 2.35 bits per heavy atom.